The van der Waals surface area contributed by atoms with Crippen molar-refractivity contribution in [3.05, 3.63) is 42.5 Å². The van der Waals surface area contributed by atoms with E-state index in [9.17, 15) is 4.79 Å². The average molecular weight is 382 g/mol. The fourth-order valence-electron chi connectivity index (χ4n) is 3.38. The fourth-order valence-corrected chi connectivity index (χ4v) is 3.38. The first-order valence-corrected chi connectivity index (χ1v) is 10.8. The summed E-state index contributed by atoms with van der Waals surface area (Å²) in [4.78, 5) is 11.5. The molecule has 0 aromatic heterocycles. The molecular weight excluding hydrogens is 341 g/mol. The van der Waals surface area contributed by atoms with Gasteiger partial charge in [-0.25, -0.2) is 0 Å². The number of unbranched alkanes of at least 4 members (excludes halogenated alkanes) is 12. The number of benzene rings is 1. The van der Waals surface area contributed by atoms with E-state index in [1.54, 1.807) is 0 Å². The van der Waals surface area contributed by atoms with Crippen LogP contribution in [0.4, 0.5) is 5.69 Å². The van der Waals surface area contributed by atoms with Gasteiger partial charge in [0.2, 0.25) is 5.91 Å². The van der Waals surface area contributed by atoms with E-state index in [0.29, 0.717) is 0 Å². The minimum Gasteiger partial charge on any atom is -1.00 e. The Bertz CT molecular complexity index is 507. The summed E-state index contributed by atoms with van der Waals surface area (Å²) in [6.45, 7) is 5.79. The molecule has 3 heteroatoms. The SMILES string of the molecule is C=CC(=O)Nc1ccccc1CCCCCCCCCCCCCCC.[H-].[Na+]. The van der Waals surface area contributed by atoms with Gasteiger partial charge in [0.05, 0.1) is 0 Å². The van der Waals surface area contributed by atoms with Crippen molar-refractivity contribution in [1.29, 1.82) is 0 Å². The van der Waals surface area contributed by atoms with Crippen LogP contribution in [0.25, 0.3) is 0 Å². The molecule has 1 N–H and O–H groups in total. The molecule has 0 aliphatic carbocycles. The van der Waals surface area contributed by atoms with E-state index in [4.69, 9.17) is 0 Å². The van der Waals surface area contributed by atoms with Crippen LogP contribution in [0.15, 0.2) is 36.9 Å². The van der Waals surface area contributed by atoms with Crippen LogP contribution in [-0.2, 0) is 11.2 Å². The van der Waals surface area contributed by atoms with Gasteiger partial charge in [-0.1, -0.05) is 109 Å². The molecule has 0 aliphatic rings. The van der Waals surface area contributed by atoms with Crippen molar-refractivity contribution in [2.75, 3.05) is 5.32 Å². The maximum atomic E-state index is 11.5. The van der Waals surface area contributed by atoms with Gasteiger partial charge in [-0.15, -0.1) is 0 Å². The summed E-state index contributed by atoms with van der Waals surface area (Å²) >= 11 is 0. The Morgan fingerprint density at radius 3 is 1.89 bits per heavy atom. The van der Waals surface area contributed by atoms with E-state index in [1.807, 2.05) is 18.2 Å². The largest absolute Gasteiger partial charge is 1.00 e. The molecule has 1 aromatic rings. The van der Waals surface area contributed by atoms with E-state index < -0.39 is 0 Å². The quantitative estimate of drug-likeness (QED) is 0.254. The van der Waals surface area contributed by atoms with Crippen molar-refractivity contribution in [2.45, 2.75) is 96.8 Å². The second-order valence-electron chi connectivity index (χ2n) is 7.34. The Morgan fingerprint density at radius 1 is 0.889 bits per heavy atom. The first-order valence-electron chi connectivity index (χ1n) is 10.8. The van der Waals surface area contributed by atoms with Crippen molar-refractivity contribution in [3.63, 3.8) is 0 Å². The first kappa shape index (κ1) is 26.4. The third-order valence-corrected chi connectivity index (χ3v) is 5.01. The van der Waals surface area contributed by atoms with Crippen LogP contribution in [0.2, 0.25) is 0 Å². The number of nitrogens with one attached hydrogen (secondary N) is 1. The summed E-state index contributed by atoms with van der Waals surface area (Å²) in [5, 5.41) is 2.90. The number of carbonyl (C=O) groups excluding carboxylic acids is 1. The van der Waals surface area contributed by atoms with Crippen molar-refractivity contribution < 1.29 is 35.8 Å². The number of hydrogen-bond acceptors (Lipinski definition) is 1. The van der Waals surface area contributed by atoms with E-state index in [2.05, 4.69) is 24.9 Å². The molecular formula is C24H40NNaO. The topological polar surface area (TPSA) is 29.1 Å². The molecule has 0 unspecified atom stereocenters. The van der Waals surface area contributed by atoms with Gasteiger partial charge in [0, 0.05) is 5.69 Å². The molecule has 1 amide bonds. The van der Waals surface area contributed by atoms with Crippen LogP contribution in [0.1, 0.15) is 97.4 Å². The van der Waals surface area contributed by atoms with Crippen molar-refractivity contribution in [3.8, 4) is 0 Å². The second kappa shape index (κ2) is 18.8. The maximum absolute atomic E-state index is 11.5. The van der Waals surface area contributed by atoms with Crippen LogP contribution in [0, 0.1) is 0 Å². The Morgan fingerprint density at radius 2 is 1.37 bits per heavy atom. The van der Waals surface area contributed by atoms with Gasteiger partial charge in [0.1, 0.15) is 0 Å². The molecule has 0 bridgehead atoms. The third-order valence-electron chi connectivity index (χ3n) is 5.01. The van der Waals surface area contributed by atoms with Gasteiger partial charge in [-0.05, 0) is 30.5 Å². The molecule has 0 aliphatic heterocycles. The fraction of sp³-hybridized carbons (Fsp3) is 0.625. The van der Waals surface area contributed by atoms with E-state index >= 15 is 0 Å². The standard InChI is InChI=1S/C24H39NO.Na.H/c1-3-5-6-7-8-9-10-11-12-13-14-15-16-19-22-20-17-18-21-23(22)25-24(26)4-2;;/h4,17-18,20-21H,2-3,5-16,19H2,1H3,(H,25,26);;/q;+1;-1. The average Bonchev–Trinajstić information content (AvgIpc) is 2.66. The van der Waals surface area contributed by atoms with Gasteiger partial charge in [-0.2, -0.15) is 0 Å². The van der Waals surface area contributed by atoms with Crippen molar-refractivity contribution in [2.24, 2.45) is 0 Å². The normalized spacial score (nSPS) is 10.3. The molecule has 0 spiro atoms. The zero-order valence-corrected chi connectivity index (χ0v) is 19.9. The number of anilines is 1. The van der Waals surface area contributed by atoms with Crippen molar-refractivity contribution >= 4 is 11.6 Å². The number of amides is 1. The maximum Gasteiger partial charge on any atom is 1.00 e. The van der Waals surface area contributed by atoms with Gasteiger partial charge in [-0.3, -0.25) is 4.79 Å². The molecule has 0 radical (unpaired) electrons. The predicted molar refractivity (Wildman–Crippen MR) is 116 cm³/mol. The molecule has 0 saturated heterocycles. The molecule has 0 heterocycles. The number of para-hydroxylation sites is 1. The van der Waals surface area contributed by atoms with Gasteiger partial charge < -0.3 is 6.74 Å². The van der Waals surface area contributed by atoms with Gasteiger partial charge in [0.25, 0.3) is 0 Å². The zero-order valence-electron chi connectivity index (χ0n) is 18.9. The first-order chi connectivity index (χ1) is 12.8. The van der Waals surface area contributed by atoms with Crippen LogP contribution in [0.5, 0.6) is 0 Å². The number of aryl methyl sites for hydroxylation is 1. The van der Waals surface area contributed by atoms with Crippen molar-refractivity contribution in [1.82, 2.24) is 0 Å². The Hall–Kier alpha value is -0.570. The van der Waals surface area contributed by atoms with Crippen LogP contribution >= 0.6 is 0 Å². The number of rotatable bonds is 16. The molecule has 0 fully saturated rings. The van der Waals surface area contributed by atoms with E-state index in [0.717, 1.165) is 12.1 Å². The van der Waals surface area contributed by atoms with Gasteiger partial charge >= 0.3 is 29.6 Å². The summed E-state index contributed by atoms with van der Waals surface area (Å²) in [7, 11) is 0. The molecule has 27 heavy (non-hydrogen) atoms. The molecule has 0 atom stereocenters. The zero-order chi connectivity index (χ0) is 18.9. The van der Waals surface area contributed by atoms with Gasteiger partial charge in [0.15, 0.2) is 0 Å². The van der Waals surface area contributed by atoms with Crippen LogP contribution in [-0.4, -0.2) is 5.91 Å². The molecule has 1 aromatic carbocycles. The number of hydrogen-bond donors (Lipinski definition) is 1. The minimum atomic E-state index is -0.136. The smallest absolute Gasteiger partial charge is 1.00 e. The number of carbonyl (C=O) groups is 1. The predicted octanol–water partition coefficient (Wildman–Crippen LogP) is 4.56. The summed E-state index contributed by atoms with van der Waals surface area (Å²) in [5.74, 6) is -0.136. The monoisotopic (exact) mass is 381 g/mol. The Balaban J connectivity index is 0. The molecule has 1 rings (SSSR count). The third kappa shape index (κ3) is 14.1. The summed E-state index contributed by atoms with van der Waals surface area (Å²) in [6, 6.07) is 8.09. The summed E-state index contributed by atoms with van der Waals surface area (Å²) in [5.41, 5.74) is 2.15. The Kier molecular flexibility index (Phi) is 18.4. The second-order valence-corrected chi connectivity index (χ2v) is 7.34. The van der Waals surface area contributed by atoms with Crippen LogP contribution < -0.4 is 34.9 Å². The van der Waals surface area contributed by atoms with E-state index in [1.165, 1.54) is 95.1 Å². The van der Waals surface area contributed by atoms with Crippen LogP contribution in [0.3, 0.4) is 0 Å². The molecule has 0 saturated carbocycles. The Labute approximate surface area is 191 Å². The van der Waals surface area contributed by atoms with E-state index in [-0.39, 0.29) is 36.9 Å². The minimum absolute atomic E-state index is 0. The molecule has 2 nitrogen and oxygen atoms in total. The molecule has 148 valence electrons. The summed E-state index contributed by atoms with van der Waals surface area (Å²) in [6.07, 6.45) is 20.2. The summed E-state index contributed by atoms with van der Waals surface area (Å²) < 4.78 is 0.